The van der Waals surface area contributed by atoms with Gasteiger partial charge in [-0.25, -0.2) is 4.98 Å². The van der Waals surface area contributed by atoms with Crippen molar-refractivity contribution in [1.82, 2.24) is 9.38 Å². The number of halogens is 1. The zero-order valence-corrected chi connectivity index (χ0v) is 17.6. The van der Waals surface area contributed by atoms with Crippen LogP contribution in [0.4, 0.5) is 5.69 Å². The third-order valence-electron chi connectivity index (χ3n) is 4.39. The minimum absolute atomic E-state index is 0.00653. The van der Waals surface area contributed by atoms with E-state index >= 15 is 0 Å². The second kappa shape index (κ2) is 8.16. The number of fused-ring (bicyclic) bond motifs is 1. The van der Waals surface area contributed by atoms with Crippen LogP contribution in [0.25, 0.3) is 16.2 Å². The number of aryl methyl sites for hydroxylation is 1. The van der Waals surface area contributed by atoms with E-state index < -0.39 is 0 Å². The number of benzene rings is 2. The number of anilines is 1. The molecule has 0 saturated heterocycles. The fourth-order valence-electron chi connectivity index (χ4n) is 2.94. The summed E-state index contributed by atoms with van der Waals surface area (Å²) in [5.41, 5.74) is 3.82. The summed E-state index contributed by atoms with van der Waals surface area (Å²) in [4.78, 5) is 17.9. The van der Waals surface area contributed by atoms with Gasteiger partial charge < -0.3 is 10.1 Å². The van der Waals surface area contributed by atoms with E-state index in [9.17, 15) is 4.79 Å². The van der Waals surface area contributed by atoms with E-state index in [0.717, 1.165) is 37.8 Å². The van der Waals surface area contributed by atoms with Crippen LogP contribution in [0.15, 0.2) is 64.6 Å². The first kappa shape index (κ1) is 18.7. The third-order valence-corrected chi connectivity index (χ3v) is 5.77. The molecule has 0 bridgehead atoms. The van der Waals surface area contributed by atoms with Crippen molar-refractivity contribution in [3.63, 3.8) is 0 Å². The van der Waals surface area contributed by atoms with Gasteiger partial charge in [-0.1, -0.05) is 22.0 Å². The Morgan fingerprint density at radius 1 is 1.25 bits per heavy atom. The number of thiazole rings is 1. The third kappa shape index (κ3) is 4.10. The highest BCUT2D eigenvalue weighted by Crippen LogP contribution is 2.26. The highest BCUT2D eigenvalue weighted by atomic mass is 79.9. The summed E-state index contributed by atoms with van der Waals surface area (Å²) >= 11 is 5.00. The Labute approximate surface area is 175 Å². The predicted octanol–water partition coefficient (Wildman–Crippen LogP) is 5.41. The Morgan fingerprint density at radius 3 is 2.82 bits per heavy atom. The second-order valence-corrected chi connectivity index (χ2v) is 8.05. The molecule has 2 aromatic heterocycles. The lowest BCUT2D eigenvalue weighted by Gasteiger charge is -2.05. The number of carbonyl (C=O) groups is 1. The molecule has 0 saturated carbocycles. The molecule has 4 aromatic rings. The summed E-state index contributed by atoms with van der Waals surface area (Å²) in [7, 11) is 1.65. The number of ether oxygens (including phenoxy) is 1. The van der Waals surface area contributed by atoms with Crippen molar-refractivity contribution in [3.8, 4) is 17.0 Å². The number of imidazole rings is 1. The summed E-state index contributed by atoms with van der Waals surface area (Å²) in [6, 6.07) is 15.4. The molecule has 0 unspecified atom stereocenters. The van der Waals surface area contributed by atoms with Gasteiger partial charge in [-0.15, -0.1) is 11.3 Å². The molecule has 5 nitrogen and oxygen atoms in total. The molecule has 0 atom stereocenters. The van der Waals surface area contributed by atoms with Crippen molar-refractivity contribution >= 4 is 43.8 Å². The lowest BCUT2D eigenvalue weighted by molar-refractivity contribution is -0.116. The maximum atomic E-state index is 12.3. The summed E-state index contributed by atoms with van der Waals surface area (Å²) in [5, 5.41) is 4.99. The van der Waals surface area contributed by atoms with Crippen molar-refractivity contribution in [2.45, 2.75) is 12.8 Å². The molecule has 2 heterocycles. The van der Waals surface area contributed by atoms with Crippen molar-refractivity contribution in [2.24, 2.45) is 0 Å². The first-order valence-corrected chi connectivity index (χ1v) is 10.4. The van der Waals surface area contributed by atoms with Gasteiger partial charge >= 0.3 is 0 Å². The number of nitrogens with one attached hydrogen (secondary N) is 1. The summed E-state index contributed by atoms with van der Waals surface area (Å²) in [6.07, 6.45) is 3.09. The number of aromatic nitrogens is 2. The molecule has 4 rings (SSSR count). The molecule has 0 aliphatic carbocycles. The summed E-state index contributed by atoms with van der Waals surface area (Å²) < 4.78 is 8.21. The number of amides is 1. The smallest absolute Gasteiger partial charge is 0.224 e. The van der Waals surface area contributed by atoms with Crippen molar-refractivity contribution < 1.29 is 9.53 Å². The maximum Gasteiger partial charge on any atom is 0.224 e. The molecule has 1 amide bonds. The summed E-state index contributed by atoms with van der Waals surface area (Å²) in [6.45, 7) is 0. The molecule has 0 aliphatic heterocycles. The van der Waals surface area contributed by atoms with Crippen LogP contribution < -0.4 is 10.1 Å². The molecule has 7 heteroatoms. The van der Waals surface area contributed by atoms with Crippen LogP contribution in [0.2, 0.25) is 0 Å². The van der Waals surface area contributed by atoms with Crippen molar-refractivity contribution in [2.75, 3.05) is 12.4 Å². The predicted molar refractivity (Wildman–Crippen MR) is 116 cm³/mol. The van der Waals surface area contributed by atoms with Crippen LogP contribution in [-0.4, -0.2) is 22.4 Å². The molecule has 142 valence electrons. The number of hydrogen-bond acceptors (Lipinski definition) is 4. The van der Waals surface area contributed by atoms with Gasteiger partial charge in [0.05, 0.1) is 12.8 Å². The molecule has 0 aliphatic rings. The van der Waals surface area contributed by atoms with Gasteiger partial charge in [0.15, 0.2) is 4.96 Å². The highest BCUT2D eigenvalue weighted by molar-refractivity contribution is 9.10. The molecule has 0 spiro atoms. The molecule has 0 fully saturated rings. The van der Waals surface area contributed by atoms with Gasteiger partial charge in [-0.3, -0.25) is 9.20 Å². The molecule has 0 radical (unpaired) electrons. The first-order chi connectivity index (χ1) is 13.6. The molecule has 28 heavy (non-hydrogen) atoms. The monoisotopic (exact) mass is 455 g/mol. The van der Waals surface area contributed by atoms with Gasteiger partial charge in [-0.05, 0) is 48.9 Å². The van der Waals surface area contributed by atoms with E-state index in [4.69, 9.17) is 9.72 Å². The first-order valence-electron chi connectivity index (χ1n) is 8.78. The lowest BCUT2D eigenvalue weighted by atomic mass is 10.1. The van der Waals surface area contributed by atoms with E-state index in [2.05, 4.69) is 31.0 Å². The van der Waals surface area contributed by atoms with E-state index in [1.165, 1.54) is 0 Å². The standard InChI is InChI=1S/C21H18BrN3O2S/c1-27-18-8-5-14(6-9-18)19-12-25-17(13-28-21(25)24-19)7-10-20(26)23-16-4-2-3-15(22)11-16/h2-6,8-9,11-13H,7,10H2,1H3,(H,23,26). The topological polar surface area (TPSA) is 55.6 Å². The largest absolute Gasteiger partial charge is 0.497 e. The summed E-state index contributed by atoms with van der Waals surface area (Å²) in [5.74, 6) is 0.815. The fourth-order valence-corrected chi connectivity index (χ4v) is 4.25. The Bertz CT molecular complexity index is 1120. The van der Waals surface area contributed by atoms with Crippen LogP contribution >= 0.6 is 27.3 Å². The number of rotatable bonds is 6. The van der Waals surface area contributed by atoms with E-state index in [0.29, 0.717) is 12.8 Å². The molecule has 2 aromatic carbocycles. The van der Waals surface area contributed by atoms with Gasteiger partial charge in [0.1, 0.15) is 5.75 Å². The molecular formula is C21H18BrN3O2S. The van der Waals surface area contributed by atoms with Crippen molar-refractivity contribution in [3.05, 3.63) is 70.3 Å². The highest BCUT2D eigenvalue weighted by Gasteiger charge is 2.11. The van der Waals surface area contributed by atoms with Crippen LogP contribution in [0.5, 0.6) is 5.75 Å². The van der Waals surface area contributed by atoms with Crippen molar-refractivity contribution in [1.29, 1.82) is 0 Å². The SMILES string of the molecule is COc1ccc(-c2cn3c(CCC(=O)Nc4cccc(Br)c4)csc3n2)cc1. The Kier molecular flexibility index (Phi) is 5.45. The van der Waals surface area contributed by atoms with E-state index in [1.807, 2.05) is 54.7 Å². The van der Waals surface area contributed by atoms with Gasteiger partial charge in [0.25, 0.3) is 0 Å². The van der Waals surface area contributed by atoms with Crippen LogP contribution in [0.1, 0.15) is 12.1 Å². The minimum Gasteiger partial charge on any atom is -0.497 e. The number of methoxy groups -OCH3 is 1. The van der Waals surface area contributed by atoms with Crippen LogP contribution in [0.3, 0.4) is 0 Å². The second-order valence-electron chi connectivity index (χ2n) is 6.29. The zero-order valence-electron chi connectivity index (χ0n) is 15.2. The quantitative estimate of drug-likeness (QED) is 0.423. The average molecular weight is 456 g/mol. The zero-order chi connectivity index (χ0) is 19.5. The number of hydrogen-bond donors (Lipinski definition) is 1. The van der Waals surface area contributed by atoms with E-state index in [1.54, 1.807) is 18.4 Å². The van der Waals surface area contributed by atoms with Crippen LogP contribution in [0, 0.1) is 0 Å². The maximum absolute atomic E-state index is 12.3. The minimum atomic E-state index is -0.00653. The Balaban J connectivity index is 1.45. The Morgan fingerprint density at radius 2 is 2.07 bits per heavy atom. The van der Waals surface area contributed by atoms with Crippen LogP contribution in [-0.2, 0) is 11.2 Å². The lowest BCUT2D eigenvalue weighted by Crippen LogP contribution is -2.12. The molecular weight excluding hydrogens is 438 g/mol. The normalized spacial score (nSPS) is 10.9. The Hall–Kier alpha value is -2.64. The van der Waals surface area contributed by atoms with Gasteiger partial charge in [0, 0.05) is 39.4 Å². The number of nitrogens with zero attached hydrogens (tertiary/aromatic N) is 2. The van der Waals surface area contributed by atoms with Gasteiger partial charge in [-0.2, -0.15) is 0 Å². The number of carbonyl (C=O) groups excluding carboxylic acids is 1. The average Bonchev–Trinajstić information content (AvgIpc) is 3.27. The fraction of sp³-hybridized carbons (Fsp3) is 0.143. The molecule has 1 N–H and O–H groups in total. The van der Waals surface area contributed by atoms with E-state index in [-0.39, 0.29) is 5.91 Å². The van der Waals surface area contributed by atoms with Gasteiger partial charge in [0.2, 0.25) is 5.91 Å².